The van der Waals surface area contributed by atoms with Crippen molar-refractivity contribution < 1.29 is 23.7 Å². The van der Waals surface area contributed by atoms with E-state index < -0.39 is 0 Å². The molecule has 1 rings (SSSR count). The topological polar surface area (TPSA) is 116 Å². The van der Waals surface area contributed by atoms with Crippen LogP contribution < -0.4 is 10.7 Å². The average molecular weight is 433 g/mol. The van der Waals surface area contributed by atoms with Gasteiger partial charge in [-0.15, -0.1) is 0 Å². The van der Waals surface area contributed by atoms with E-state index >= 15 is 0 Å². The van der Waals surface area contributed by atoms with Gasteiger partial charge in [0.25, 0.3) is 5.91 Å². The summed E-state index contributed by atoms with van der Waals surface area (Å²) < 4.78 is 20.5. The van der Waals surface area contributed by atoms with Crippen LogP contribution in [0.25, 0.3) is 0 Å². The summed E-state index contributed by atoms with van der Waals surface area (Å²) in [6, 6.07) is 3.41. The summed E-state index contributed by atoms with van der Waals surface area (Å²) in [4.78, 5) is 20.1. The summed E-state index contributed by atoms with van der Waals surface area (Å²) in [6.45, 7) is 8.09. The van der Waals surface area contributed by atoms with Crippen LogP contribution in [-0.4, -0.2) is 83.8 Å². The Hall–Kier alpha value is -2.50. The number of pyridine rings is 1. The Morgan fingerprint density at radius 1 is 1.06 bits per heavy atom. The summed E-state index contributed by atoms with van der Waals surface area (Å²) in [5.41, 5.74) is 4.20. The number of hydrogen-bond acceptors (Lipinski definition) is 9. The van der Waals surface area contributed by atoms with Gasteiger partial charge in [-0.1, -0.05) is 0 Å². The first-order valence-corrected chi connectivity index (χ1v) is 10.2. The second-order valence-electron chi connectivity index (χ2n) is 6.55. The number of ether oxygens (including phenoxy) is 3. The average Bonchev–Trinajstić information content (AvgIpc) is 2.77. The molecule has 2 N–H and O–H groups in total. The highest BCUT2D eigenvalue weighted by Crippen LogP contribution is 2.05. The van der Waals surface area contributed by atoms with Crippen molar-refractivity contribution in [1.29, 1.82) is 0 Å². The van der Waals surface area contributed by atoms with Crippen molar-refractivity contribution >= 4 is 31.9 Å². The van der Waals surface area contributed by atoms with Crippen LogP contribution in [0, 0.1) is 0 Å². The summed E-state index contributed by atoms with van der Waals surface area (Å²) >= 11 is 0. The van der Waals surface area contributed by atoms with Crippen LogP contribution in [0.3, 0.4) is 0 Å². The Kier molecular flexibility index (Phi) is 15.7. The number of rotatable bonds is 18. The van der Waals surface area contributed by atoms with E-state index in [4.69, 9.17) is 22.3 Å². The third kappa shape index (κ3) is 15.0. The molecule has 0 bridgehead atoms. The number of hydrazone groups is 1. The predicted octanol–water partition coefficient (Wildman–Crippen LogP) is 1.58. The van der Waals surface area contributed by atoms with Crippen molar-refractivity contribution in [2.75, 3.05) is 58.2 Å². The first-order valence-electron chi connectivity index (χ1n) is 10.2. The number of nitrogens with zero attached hydrogens (tertiary/aromatic N) is 3. The summed E-state index contributed by atoms with van der Waals surface area (Å²) in [6.07, 6.45) is 4.23. The van der Waals surface area contributed by atoms with E-state index in [0.29, 0.717) is 70.5 Å². The second-order valence-corrected chi connectivity index (χ2v) is 6.55. The first-order chi connectivity index (χ1) is 15.1. The second kappa shape index (κ2) is 18.3. The molecule has 0 aliphatic carbocycles. The molecule has 11 heteroatoms. The molecule has 0 saturated heterocycles. The Labute approximate surface area is 185 Å². The SMILES string of the molecule is [B]OC=NCCCOCCOCCOCCCNC(=O)c1ccc(NN=C(C)C)nc1. The van der Waals surface area contributed by atoms with Gasteiger partial charge < -0.3 is 24.2 Å². The standard InChI is InChI=1S/C20H32BN5O5/c1-17(2)25-26-19-6-5-18(15-24-19)20(27)23-8-4-10-29-12-14-30-13-11-28-9-3-7-22-16-31-21/h5-6,15-16H,3-4,7-14H2,1-2H3,(H,23,27)(H,24,26). The highest BCUT2D eigenvalue weighted by atomic mass is 16.5. The van der Waals surface area contributed by atoms with E-state index in [2.05, 4.69) is 30.5 Å². The van der Waals surface area contributed by atoms with E-state index in [-0.39, 0.29) is 5.91 Å². The molecule has 0 unspecified atom stereocenters. The molecule has 0 spiro atoms. The molecule has 1 aromatic heterocycles. The summed E-state index contributed by atoms with van der Waals surface area (Å²) in [5.74, 6) is 0.417. The highest BCUT2D eigenvalue weighted by molar-refractivity contribution is 6.02. The minimum Gasteiger partial charge on any atom is -0.560 e. The van der Waals surface area contributed by atoms with Gasteiger partial charge in [-0.2, -0.15) is 5.10 Å². The Balaban J connectivity index is 1.93. The molecule has 0 saturated carbocycles. The molecule has 10 nitrogen and oxygen atoms in total. The number of nitrogens with one attached hydrogen (secondary N) is 2. The number of anilines is 1. The molecule has 0 aliphatic heterocycles. The predicted molar refractivity (Wildman–Crippen MR) is 121 cm³/mol. The van der Waals surface area contributed by atoms with Crippen LogP contribution in [0.15, 0.2) is 28.4 Å². The molecule has 170 valence electrons. The fourth-order valence-corrected chi connectivity index (χ4v) is 2.14. The lowest BCUT2D eigenvalue weighted by Gasteiger charge is -2.08. The maximum atomic E-state index is 12.1. The van der Waals surface area contributed by atoms with Crippen LogP contribution in [0.1, 0.15) is 37.0 Å². The minimum atomic E-state index is -0.169. The van der Waals surface area contributed by atoms with E-state index in [1.807, 2.05) is 13.8 Å². The van der Waals surface area contributed by atoms with Crippen LogP contribution in [-0.2, 0) is 18.9 Å². The Morgan fingerprint density at radius 2 is 1.74 bits per heavy atom. The zero-order chi connectivity index (χ0) is 22.6. The van der Waals surface area contributed by atoms with Gasteiger partial charge in [0.15, 0.2) is 0 Å². The maximum absolute atomic E-state index is 12.1. The molecule has 0 aromatic carbocycles. The molecule has 31 heavy (non-hydrogen) atoms. The number of aromatic nitrogens is 1. The molecule has 1 amide bonds. The van der Waals surface area contributed by atoms with Crippen LogP contribution >= 0.6 is 0 Å². The summed E-state index contributed by atoms with van der Waals surface area (Å²) in [7, 11) is 4.80. The monoisotopic (exact) mass is 433 g/mol. The number of aliphatic imine (C=N–C) groups is 1. The van der Waals surface area contributed by atoms with Gasteiger partial charge in [0.2, 0.25) is 0 Å². The van der Waals surface area contributed by atoms with Gasteiger partial charge in [-0.3, -0.25) is 15.2 Å². The van der Waals surface area contributed by atoms with Gasteiger partial charge in [0.1, 0.15) is 12.2 Å². The first kappa shape index (κ1) is 26.5. The van der Waals surface area contributed by atoms with Crippen molar-refractivity contribution in [2.45, 2.75) is 26.7 Å². The van der Waals surface area contributed by atoms with Gasteiger partial charge in [0.05, 0.1) is 32.0 Å². The Morgan fingerprint density at radius 3 is 2.35 bits per heavy atom. The fraction of sp³-hybridized carbons (Fsp3) is 0.600. The third-order valence-corrected chi connectivity index (χ3v) is 3.63. The lowest BCUT2D eigenvalue weighted by Crippen LogP contribution is -2.25. The quantitative estimate of drug-likeness (QED) is 0.119. The lowest BCUT2D eigenvalue weighted by atomic mass is 10.2. The smallest absolute Gasteiger partial charge is 0.375 e. The Bertz CT molecular complexity index is 654. The molecule has 0 aliphatic rings. The zero-order valence-corrected chi connectivity index (χ0v) is 18.3. The molecule has 0 fully saturated rings. The number of carbonyl (C=O) groups is 1. The van der Waals surface area contributed by atoms with Crippen molar-refractivity contribution in [2.24, 2.45) is 10.1 Å². The third-order valence-electron chi connectivity index (χ3n) is 3.63. The molecule has 1 aromatic rings. The number of amides is 1. The number of carbonyl (C=O) groups excluding carboxylic acids is 1. The van der Waals surface area contributed by atoms with Gasteiger partial charge in [-0.05, 0) is 38.8 Å². The molecular weight excluding hydrogens is 401 g/mol. The van der Waals surface area contributed by atoms with Gasteiger partial charge in [0, 0.05) is 38.2 Å². The fourth-order valence-electron chi connectivity index (χ4n) is 2.14. The van der Waals surface area contributed by atoms with E-state index in [0.717, 1.165) is 12.1 Å². The highest BCUT2D eigenvalue weighted by Gasteiger charge is 2.05. The van der Waals surface area contributed by atoms with Crippen LogP contribution in [0.2, 0.25) is 0 Å². The summed E-state index contributed by atoms with van der Waals surface area (Å²) in [5, 5.41) is 6.90. The minimum absolute atomic E-state index is 0.169. The van der Waals surface area contributed by atoms with E-state index in [1.54, 1.807) is 12.1 Å². The molecule has 0 atom stereocenters. The van der Waals surface area contributed by atoms with Crippen LogP contribution in [0.4, 0.5) is 5.82 Å². The van der Waals surface area contributed by atoms with Gasteiger partial charge >= 0.3 is 8.05 Å². The lowest BCUT2D eigenvalue weighted by molar-refractivity contribution is 0.0141. The maximum Gasteiger partial charge on any atom is 0.375 e. The van der Waals surface area contributed by atoms with Crippen molar-refractivity contribution in [3.63, 3.8) is 0 Å². The van der Waals surface area contributed by atoms with Crippen LogP contribution in [0.5, 0.6) is 0 Å². The van der Waals surface area contributed by atoms with E-state index in [1.165, 1.54) is 12.6 Å². The van der Waals surface area contributed by atoms with Crippen molar-refractivity contribution in [1.82, 2.24) is 10.3 Å². The normalized spacial score (nSPS) is 10.8. The molecule has 2 radical (unpaired) electrons. The zero-order valence-electron chi connectivity index (χ0n) is 18.3. The van der Waals surface area contributed by atoms with Crippen molar-refractivity contribution in [3.8, 4) is 0 Å². The van der Waals surface area contributed by atoms with E-state index in [9.17, 15) is 4.79 Å². The molecular formula is C20H32BN5O5. The van der Waals surface area contributed by atoms with Crippen molar-refractivity contribution in [3.05, 3.63) is 23.9 Å². The molecule has 1 heterocycles. The largest absolute Gasteiger partial charge is 0.560 e. The number of hydrogen-bond donors (Lipinski definition) is 2. The van der Waals surface area contributed by atoms with Gasteiger partial charge in [-0.25, -0.2) is 4.98 Å².